The Bertz CT molecular complexity index is 327. The third-order valence-corrected chi connectivity index (χ3v) is 3.47. The van der Waals surface area contributed by atoms with Gasteiger partial charge >= 0.3 is 0 Å². The fraction of sp³-hybridized carbons (Fsp3) is 0.750. The summed E-state index contributed by atoms with van der Waals surface area (Å²) in [6.07, 6.45) is 7.55. The fourth-order valence-electron chi connectivity index (χ4n) is 2.25. The van der Waals surface area contributed by atoms with Gasteiger partial charge in [0, 0.05) is 36.7 Å². The molecule has 0 aromatic carbocycles. The predicted octanol–water partition coefficient (Wildman–Crippen LogP) is 3.00. The highest BCUT2D eigenvalue weighted by Gasteiger charge is 2.27. The first-order valence-corrected chi connectivity index (χ1v) is 6.58. The maximum absolute atomic E-state index is 5.99. The molecule has 4 heteroatoms. The van der Waals surface area contributed by atoms with E-state index < -0.39 is 0 Å². The summed E-state index contributed by atoms with van der Waals surface area (Å²) in [7, 11) is 0. The zero-order chi connectivity index (χ0) is 11.4. The zero-order valence-corrected chi connectivity index (χ0v) is 10.5. The Hall–Kier alpha value is -0.540. The normalized spacial score (nSPS) is 25.9. The number of alkyl halides is 1. The number of hydrogen-bond donors (Lipinski definition) is 0. The van der Waals surface area contributed by atoms with Crippen LogP contribution in [0.1, 0.15) is 37.9 Å². The SMILES string of the molecule is CCCn1cc(C2OCCCC2CCl)cn1. The second-order valence-corrected chi connectivity index (χ2v) is 4.69. The second-order valence-electron chi connectivity index (χ2n) is 4.38. The summed E-state index contributed by atoms with van der Waals surface area (Å²) in [5, 5.41) is 4.34. The minimum absolute atomic E-state index is 0.150. The summed E-state index contributed by atoms with van der Waals surface area (Å²) in [6, 6.07) is 0. The molecule has 16 heavy (non-hydrogen) atoms. The van der Waals surface area contributed by atoms with Gasteiger partial charge in [-0.3, -0.25) is 4.68 Å². The average Bonchev–Trinajstić information content (AvgIpc) is 2.78. The van der Waals surface area contributed by atoms with Crippen LogP contribution in [0, 0.1) is 5.92 Å². The van der Waals surface area contributed by atoms with E-state index in [1.165, 1.54) is 5.56 Å². The number of ether oxygens (including phenoxy) is 1. The summed E-state index contributed by atoms with van der Waals surface area (Å²) in [5.41, 5.74) is 1.18. The Morgan fingerprint density at radius 2 is 2.50 bits per heavy atom. The molecule has 3 nitrogen and oxygen atoms in total. The molecule has 2 heterocycles. The molecule has 0 spiro atoms. The van der Waals surface area contributed by atoms with E-state index in [1.807, 2.05) is 10.9 Å². The molecule has 0 radical (unpaired) electrons. The van der Waals surface area contributed by atoms with Gasteiger partial charge in [0.2, 0.25) is 0 Å². The first-order valence-electron chi connectivity index (χ1n) is 6.05. The van der Waals surface area contributed by atoms with Crippen LogP contribution in [-0.4, -0.2) is 22.3 Å². The molecule has 2 unspecified atom stereocenters. The molecule has 1 aliphatic heterocycles. The van der Waals surface area contributed by atoms with E-state index in [9.17, 15) is 0 Å². The Labute approximate surface area is 102 Å². The van der Waals surface area contributed by atoms with Crippen molar-refractivity contribution in [2.75, 3.05) is 12.5 Å². The number of hydrogen-bond acceptors (Lipinski definition) is 2. The molecule has 1 fully saturated rings. The molecule has 0 amide bonds. The van der Waals surface area contributed by atoms with E-state index in [-0.39, 0.29) is 6.10 Å². The van der Waals surface area contributed by atoms with Crippen molar-refractivity contribution in [3.8, 4) is 0 Å². The lowest BCUT2D eigenvalue weighted by atomic mass is 9.93. The minimum atomic E-state index is 0.150. The molecule has 2 atom stereocenters. The van der Waals surface area contributed by atoms with Gasteiger partial charge in [0.25, 0.3) is 0 Å². The van der Waals surface area contributed by atoms with Gasteiger partial charge in [-0.2, -0.15) is 5.10 Å². The third-order valence-electron chi connectivity index (χ3n) is 3.08. The monoisotopic (exact) mass is 242 g/mol. The highest BCUT2D eigenvalue weighted by Crippen LogP contribution is 2.34. The lowest BCUT2D eigenvalue weighted by Crippen LogP contribution is -2.23. The van der Waals surface area contributed by atoms with Gasteiger partial charge in [-0.1, -0.05) is 6.92 Å². The van der Waals surface area contributed by atoms with Crippen LogP contribution < -0.4 is 0 Å². The van der Waals surface area contributed by atoms with E-state index in [1.54, 1.807) is 0 Å². The lowest BCUT2D eigenvalue weighted by molar-refractivity contribution is -0.0208. The van der Waals surface area contributed by atoms with Crippen molar-refractivity contribution in [3.05, 3.63) is 18.0 Å². The minimum Gasteiger partial charge on any atom is -0.373 e. The molecule has 0 bridgehead atoms. The van der Waals surface area contributed by atoms with Gasteiger partial charge in [-0.05, 0) is 19.3 Å². The largest absolute Gasteiger partial charge is 0.373 e. The maximum atomic E-state index is 5.99. The highest BCUT2D eigenvalue weighted by atomic mass is 35.5. The van der Waals surface area contributed by atoms with Crippen molar-refractivity contribution >= 4 is 11.6 Å². The Kier molecular flexibility index (Phi) is 4.24. The smallest absolute Gasteiger partial charge is 0.0894 e. The van der Waals surface area contributed by atoms with Gasteiger partial charge in [-0.15, -0.1) is 11.6 Å². The molecule has 1 aliphatic rings. The third kappa shape index (κ3) is 2.58. The van der Waals surface area contributed by atoms with E-state index in [0.29, 0.717) is 11.8 Å². The van der Waals surface area contributed by atoms with Crippen molar-refractivity contribution < 1.29 is 4.74 Å². The number of aromatic nitrogens is 2. The van der Waals surface area contributed by atoms with Gasteiger partial charge in [0.15, 0.2) is 0 Å². The quantitative estimate of drug-likeness (QED) is 0.759. The van der Waals surface area contributed by atoms with E-state index in [2.05, 4.69) is 18.2 Å². The van der Waals surface area contributed by atoms with Crippen molar-refractivity contribution in [1.29, 1.82) is 0 Å². The van der Waals surface area contributed by atoms with Crippen LogP contribution in [-0.2, 0) is 11.3 Å². The lowest BCUT2D eigenvalue weighted by Gasteiger charge is -2.29. The van der Waals surface area contributed by atoms with Crippen LogP contribution in [0.2, 0.25) is 0 Å². The van der Waals surface area contributed by atoms with E-state index >= 15 is 0 Å². The summed E-state index contributed by atoms with van der Waals surface area (Å²) >= 11 is 5.99. The molecule has 0 saturated carbocycles. The number of halogens is 1. The highest BCUT2D eigenvalue weighted by molar-refractivity contribution is 6.18. The molecular weight excluding hydrogens is 224 g/mol. The Balaban J connectivity index is 2.08. The van der Waals surface area contributed by atoms with E-state index in [0.717, 1.165) is 32.4 Å². The zero-order valence-electron chi connectivity index (χ0n) is 9.73. The van der Waals surface area contributed by atoms with Crippen LogP contribution in [0.4, 0.5) is 0 Å². The van der Waals surface area contributed by atoms with Crippen LogP contribution >= 0.6 is 11.6 Å². The Morgan fingerprint density at radius 1 is 1.62 bits per heavy atom. The van der Waals surface area contributed by atoms with Crippen molar-refractivity contribution in [2.45, 2.75) is 38.8 Å². The molecule has 0 N–H and O–H groups in total. The van der Waals surface area contributed by atoms with Crippen LogP contribution in [0.25, 0.3) is 0 Å². The van der Waals surface area contributed by atoms with Gasteiger partial charge in [0.1, 0.15) is 0 Å². The molecule has 1 saturated heterocycles. The summed E-state index contributed by atoms with van der Waals surface area (Å²) in [5.74, 6) is 1.11. The van der Waals surface area contributed by atoms with Gasteiger partial charge in [0.05, 0.1) is 12.3 Å². The number of aryl methyl sites for hydroxylation is 1. The van der Waals surface area contributed by atoms with Crippen LogP contribution in [0.3, 0.4) is 0 Å². The van der Waals surface area contributed by atoms with Crippen LogP contribution in [0.5, 0.6) is 0 Å². The summed E-state index contributed by atoms with van der Waals surface area (Å²) < 4.78 is 7.81. The van der Waals surface area contributed by atoms with Crippen molar-refractivity contribution in [3.63, 3.8) is 0 Å². The first-order chi connectivity index (χ1) is 7.85. The van der Waals surface area contributed by atoms with Crippen molar-refractivity contribution in [2.24, 2.45) is 5.92 Å². The molecule has 0 aliphatic carbocycles. The number of nitrogens with zero attached hydrogens (tertiary/aromatic N) is 2. The standard InChI is InChI=1S/C12H19ClN2O/c1-2-5-15-9-11(8-14-15)12-10(7-13)4-3-6-16-12/h8-10,12H,2-7H2,1H3. The first kappa shape index (κ1) is 11.9. The van der Waals surface area contributed by atoms with Crippen LogP contribution in [0.15, 0.2) is 12.4 Å². The predicted molar refractivity (Wildman–Crippen MR) is 64.7 cm³/mol. The average molecular weight is 243 g/mol. The molecule has 1 aromatic heterocycles. The van der Waals surface area contributed by atoms with Gasteiger partial charge in [-0.25, -0.2) is 0 Å². The Morgan fingerprint density at radius 3 is 3.25 bits per heavy atom. The molecule has 1 aromatic rings. The van der Waals surface area contributed by atoms with E-state index in [4.69, 9.17) is 16.3 Å². The second kappa shape index (κ2) is 5.69. The summed E-state index contributed by atoms with van der Waals surface area (Å²) in [6.45, 7) is 3.97. The topological polar surface area (TPSA) is 27.1 Å². The molecule has 90 valence electrons. The molecular formula is C12H19ClN2O. The number of rotatable bonds is 4. The summed E-state index contributed by atoms with van der Waals surface area (Å²) in [4.78, 5) is 0. The van der Waals surface area contributed by atoms with Gasteiger partial charge < -0.3 is 4.74 Å². The maximum Gasteiger partial charge on any atom is 0.0894 e. The molecule has 2 rings (SSSR count). The fourth-order valence-corrected chi connectivity index (χ4v) is 2.56. The van der Waals surface area contributed by atoms with Crippen molar-refractivity contribution in [1.82, 2.24) is 9.78 Å².